The number of hydrogen-bond donors (Lipinski definition) is 1. The first-order valence-corrected chi connectivity index (χ1v) is 7.76. The Morgan fingerprint density at radius 2 is 2.05 bits per heavy atom. The molecular formula is C17H26N2O2. The summed E-state index contributed by atoms with van der Waals surface area (Å²) in [5, 5.41) is 0. The van der Waals surface area contributed by atoms with Gasteiger partial charge in [0.05, 0.1) is 6.61 Å². The molecule has 3 unspecified atom stereocenters. The molecule has 0 saturated carbocycles. The summed E-state index contributed by atoms with van der Waals surface area (Å²) in [6.07, 6.45) is 1.17. The third-order valence-corrected chi connectivity index (χ3v) is 4.35. The van der Waals surface area contributed by atoms with Gasteiger partial charge in [-0.2, -0.15) is 0 Å². The van der Waals surface area contributed by atoms with E-state index in [2.05, 4.69) is 20.8 Å². The van der Waals surface area contributed by atoms with Crippen molar-refractivity contribution in [2.24, 2.45) is 11.8 Å². The maximum atomic E-state index is 12.8. The molecule has 0 spiro atoms. The first-order valence-electron chi connectivity index (χ1n) is 7.76. The van der Waals surface area contributed by atoms with Gasteiger partial charge in [-0.3, -0.25) is 4.79 Å². The summed E-state index contributed by atoms with van der Waals surface area (Å²) in [5.74, 6) is 1.76. The molecule has 0 bridgehead atoms. The molecule has 1 fully saturated rings. The van der Waals surface area contributed by atoms with Crippen LogP contribution in [0.25, 0.3) is 0 Å². The number of nitrogens with zero attached hydrogens (tertiary/aromatic N) is 1. The van der Waals surface area contributed by atoms with E-state index >= 15 is 0 Å². The van der Waals surface area contributed by atoms with Gasteiger partial charge in [0.15, 0.2) is 0 Å². The van der Waals surface area contributed by atoms with Gasteiger partial charge in [-0.1, -0.05) is 13.8 Å². The lowest BCUT2D eigenvalue weighted by Gasteiger charge is -2.41. The van der Waals surface area contributed by atoms with Gasteiger partial charge in [0.1, 0.15) is 5.75 Å². The largest absolute Gasteiger partial charge is 0.494 e. The fourth-order valence-corrected chi connectivity index (χ4v) is 3.14. The van der Waals surface area contributed by atoms with Crippen LogP contribution in [0, 0.1) is 11.8 Å². The molecule has 1 aliphatic rings. The van der Waals surface area contributed by atoms with Crippen LogP contribution in [0.15, 0.2) is 18.2 Å². The third-order valence-electron chi connectivity index (χ3n) is 4.35. The van der Waals surface area contributed by atoms with E-state index in [1.165, 1.54) is 6.42 Å². The van der Waals surface area contributed by atoms with Crippen LogP contribution in [-0.4, -0.2) is 30.0 Å². The summed E-state index contributed by atoms with van der Waals surface area (Å²) in [5.41, 5.74) is 7.08. The molecule has 0 radical (unpaired) electrons. The van der Waals surface area contributed by atoms with E-state index in [0.29, 0.717) is 35.4 Å². The van der Waals surface area contributed by atoms with Crippen molar-refractivity contribution in [3.8, 4) is 5.75 Å². The number of hydrogen-bond acceptors (Lipinski definition) is 3. The van der Waals surface area contributed by atoms with E-state index in [-0.39, 0.29) is 11.9 Å². The number of piperidine rings is 1. The maximum absolute atomic E-state index is 12.8. The highest BCUT2D eigenvalue weighted by Gasteiger charge is 2.32. The molecule has 1 aromatic carbocycles. The quantitative estimate of drug-likeness (QED) is 0.870. The first kappa shape index (κ1) is 15.7. The number of anilines is 1. The Bertz CT molecular complexity index is 516. The Hall–Kier alpha value is -1.71. The number of ether oxygens (including phenoxy) is 1. The van der Waals surface area contributed by atoms with Crippen LogP contribution in [0.5, 0.6) is 5.75 Å². The topological polar surface area (TPSA) is 55.6 Å². The van der Waals surface area contributed by atoms with Gasteiger partial charge in [-0.05, 0) is 44.2 Å². The Kier molecular flexibility index (Phi) is 4.76. The summed E-state index contributed by atoms with van der Waals surface area (Å²) in [6, 6.07) is 5.54. The molecule has 1 heterocycles. The zero-order chi connectivity index (χ0) is 15.6. The highest BCUT2D eigenvalue weighted by Crippen LogP contribution is 2.29. The van der Waals surface area contributed by atoms with Crippen molar-refractivity contribution in [3.63, 3.8) is 0 Å². The number of carbonyl (C=O) groups excluding carboxylic acids is 1. The van der Waals surface area contributed by atoms with Crippen LogP contribution in [0.4, 0.5) is 5.69 Å². The van der Waals surface area contributed by atoms with Crippen LogP contribution in [-0.2, 0) is 0 Å². The Morgan fingerprint density at radius 3 is 2.71 bits per heavy atom. The third kappa shape index (κ3) is 3.49. The van der Waals surface area contributed by atoms with Gasteiger partial charge < -0.3 is 15.4 Å². The second kappa shape index (κ2) is 6.37. The average Bonchev–Trinajstić information content (AvgIpc) is 2.41. The van der Waals surface area contributed by atoms with Gasteiger partial charge in [-0.25, -0.2) is 0 Å². The molecule has 0 aromatic heterocycles. The normalized spacial score (nSPS) is 25.7. The molecule has 1 saturated heterocycles. The van der Waals surface area contributed by atoms with Gasteiger partial charge in [0, 0.05) is 29.9 Å². The highest BCUT2D eigenvalue weighted by atomic mass is 16.5. The van der Waals surface area contributed by atoms with Crippen molar-refractivity contribution in [3.05, 3.63) is 23.8 Å². The van der Waals surface area contributed by atoms with Gasteiger partial charge >= 0.3 is 0 Å². The molecule has 1 aliphatic heterocycles. The van der Waals surface area contributed by atoms with E-state index < -0.39 is 0 Å². The van der Waals surface area contributed by atoms with Gasteiger partial charge in [0.2, 0.25) is 0 Å². The standard InChI is InChI=1S/C17H26N2O2/c1-5-21-16-8-14(7-15(18)9-16)17(20)19-10-11(2)6-12(3)13(19)4/h7-9,11-13H,5-6,10,18H2,1-4H3. The van der Waals surface area contributed by atoms with E-state index in [4.69, 9.17) is 10.5 Å². The highest BCUT2D eigenvalue weighted by molar-refractivity contribution is 5.95. The van der Waals surface area contributed by atoms with Crippen LogP contribution in [0.3, 0.4) is 0 Å². The molecule has 1 aromatic rings. The summed E-state index contributed by atoms with van der Waals surface area (Å²) in [4.78, 5) is 14.8. The molecule has 2 N–H and O–H groups in total. The number of amides is 1. The molecular weight excluding hydrogens is 264 g/mol. The van der Waals surface area contributed by atoms with Crippen LogP contribution in [0.2, 0.25) is 0 Å². The van der Waals surface area contributed by atoms with Crippen molar-refractivity contribution in [1.82, 2.24) is 4.90 Å². The van der Waals surface area contributed by atoms with Crippen LogP contribution in [0.1, 0.15) is 44.5 Å². The second-order valence-corrected chi connectivity index (χ2v) is 6.24. The Balaban J connectivity index is 2.26. The molecule has 4 nitrogen and oxygen atoms in total. The minimum atomic E-state index is 0.0501. The fraction of sp³-hybridized carbons (Fsp3) is 0.588. The number of benzene rings is 1. The number of nitrogen functional groups attached to an aromatic ring is 1. The summed E-state index contributed by atoms with van der Waals surface area (Å²) >= 11 is 0. The summed E-state index contributed by atoms with van der Waals surface area (Å²) in [7, 11) is 0. The predicted molar refractivity (Wildman–Crippen MR) is 85.5 cm³/mol. The molecule has 4 heteroatoms. The van der Waals surface area contributed by atoms with Gasteiger partial charge in [0.25, 0.3) is 5.91 Å². The Morgan fingerprint density at radius 1 is 1.33 bits per heavy atom. The Labute approximate surface area is 127 Å². The lowest BCUT2D eigenvalue weighted by molar-refractivity contribution is 0.0455. The van der Waals surface area contributed by atoms with E-state index in [0.717, 1.165) is 6.54 Å². The maximum Gasteiger partial charge on any atom is 0.254 e. The molecule has 116 valence electrons. The second-order valence-electron chi connectivity index (χ2n) is 6.24. The minimum Gasteiger partial charge on any atom is -0.494 e. The number of likely N-dealkylation sites (tertiary alicyclic amines) is 1. The van der Waals surface area contributed by atoms with E-state index in [9.17, 15) is 4.79 Å². The van der Waals surface area contributed by atoms with Crippen LogP contribution < -0.4 is 10.5 Å². The lowest BCUT2D eigenvalue weighted by Crippen LogP contribution is -2.48. The van der Waals surface area contributed by atoms with Crippen molar-refractivity contribution in [2.45, 2.75) is 40.2 Å². The van der Waals surface area contributed by atoms with E-state index in [1.54, 1.807) is 18.2 Å². The predicted octanol–water partition coefficient (Wildman–Crippen LogP) is 3.17. The number of carbonyl (C=O) groups is 1. The van der Waals surface area contributed by atoms with Crippen LogP contribution >= 0.6 is 0 Å². The molecule has 0 aliphatic carbocycles. The minimum absolute atomic E-state index is 0.0501. The molecule has 21 heavy (non-hydrogen) atoms. The first-order chi connectivity index (χ1) is 9.92. The SMILES string of the molecule is CCOc1cc(N)cc(C(=O)N2CC(C)CC(C)C2C)c1. The zero-order valence-electron chi connectivity index (χ0n) is 13.4. The van der Waals surface area contributed by atoms with Gasteiger partial charge in [-0.15, -0.1) is 0 Å². The van der Waals surface area contributed by atoms with Crippen molar-refractivity contribution in [2.75, 3.05) is 18.9 Å². The van der Waals surface area contributed by atoms with Crippen molar-refractivity contribution >= 4 is 11.6 Å². The molecule has 1 amide bonds. The van der Waals surface area contributed by atoms with Crippen molar-refractivity contribution in [1.29, 1.82) is 0 Å². The van der Waals surface area contributed by atoms with E-state index in [1.807, 2.05) is 11.8 Å². The van der Waals surface area contributed by atoms with Crippen molar-refractivity contribution < 1.29 is 9.53 Å². The average molecular weight is 290 g/mol. The molecule has 2 rings (SSSR count). The number of nitrogens with two attached hydrogens (primary N) is 1. The fourth-order valence-electron chi connectivity index (χ4n) is 3.14. The monoisotopic (exact) mass is 290 g/mol. The smallest absolute Gasteiger partial charge is 0.254 e. The zero-order valence-corrected chi connectivity index (χ0v) is 13.4. The molecule has 3 atom stereocenters. The summed E-state index contributed by atoms with van der Waals surface area (Å²) < 4.78 is 5.48. The number of rotatable bonds is 3. The lowest BCUT2D eigenvalue weighted by atomic mass is 9.85. The summed E-state index contributed by atoms with van der Waals surface area (Å²) in [6.45, 7) is 9.83.